The van der Waals surface area contributed by atoms with Gasteiger partial charge in [0.05, 0.1) is 15.6 Å². The number of hydrogen-bond acceptors (Lipinski definition) is 3. The number of hydrogen-bond donors (Lipinski definition) is 1. The largest absolute Gasteiger partial charge is 0.321 e. The fourth-order valence-corrected chi connectivity index (χ4v) is 4.96. The second-order valence-electron chi connectivity index (χ2n) is 6.82. The fourth-order valence-electron chi connectivity index (χ4n) is 3.36. The highest BCUT2D eigenvalue weighted by molar-refractivity contribution is 7.89. The molecule has 0 aromatic heterocycles. The molecule has 0 fully saturated rings. The number of carbonyl (C=O) groups excluding carboxylic acids is 1. The molecular formula is C22H19ClN2O3S. The van der Waals surface area contributed by atoms with Crippen LogP contribution in [-0.2, 0) is 23.0 Å². The Hall–Kier alpha value is -2.67. The first-order chi connectivity index (χ1) is 13.9. The zero-order valence-corrected chi connectivity index (χ0v) is 17.1. The summed E-state index contributed by atoms with van der Waals surface area (Å²) in [5, 5.41) is 3.16. The van der Waals surface area contributed by atoms with Crippen LogP contribution in [0.3, 0.4) is 0 Å². The van der Waals surface area contributed by atoms with Crippen LogP contribution in [0.2, 0.25) is 5.02 Å². The Bertz CT molecular complexity index is 1160. The van der Waals surface area contributed by atoms with Crippen LogP contribution in [0.4, 0.5) is 5.69 Å². The van der Waals surface area contributed by atoms with Crippen LogP contribution in [0.5, 0.6) is 0 Å². The molecule has 0 saturated heterocycles. The van der Waals surface area contributed by atoms with Gasteiger partial charge in [-0.2, -0.15) is 4.31 Å². The summed E-state index contributed by atoms with van der Waals surface area (Å²) < 4.78 is 27.5. The maximum Gasteiger partial charge on any atom is 0.255 e. The zero-order chi connectivity index (χ0) is 20.4. The highest BCUT2D eigenvalue weighted by Gasteiger charge is 2.28. The molecule has 0 spiro atoms. The fraction of sp³-hybridized carbons (Fsp3) is 0.136. The summed E-state index contributed by atoms with van der Waals surface area (Å²) >= 11 is 6.06. The summed E-state index contributed by atoms with van der Waals surface area (Å²) in [4.78, 5) is 12.6. The molecule has 4 rings (SSSR count). The Labute approximate surface area is 175 Å². The Morgan fingerprint density at radius 3 is 2.28 bits per heavy atom. The number of carbonyl (C=O) groups is 1. The molecule has 1 heterocycles. The number of nitrogens with one attached hydrogen (secondary N) is 1. The number of fused-ring (bicyclic) bond motifs is 1. The van der Waals surface area contributed by atoms with E-state index in [1.807, 2.05) is 24.3 Å². The molecular weight excluding hydrogens is 408 g/mol. The van der Waals surface area contributed by atoms with Gasteiger partial charge in [-0.05, 0) is 53.9 Å². The number of amides is 1. The van der Waals surface area contributed by atoms with Crippen molar-refractivity contribution in [2.24, 2.45) is 0 Å². The lowest BCUT2D eigenvalue weighted by atomic mass is 10.0. The van der Waals surface area contributed by atoms with E-state index in [2.05, 4.69) is 5.32 Å². The van der Waals surface area contributed by atoms with Crippen molar-refractivity contribution in [3.63, 3.8) is 0 Å². The lowest BCUT2D eigenvalue weighted by Crippen LogP contribution is -2.35. The van der Waals surface area contributed by atoms with E-state index in [4.69, 9.17) is 11.6 Å². The molecule has 148 valence electrons. The Morgan fingerprint density at radius 1 is 0.897 bits per heavy atom. The Balaban J connectivity index is 1.51. The molecule has 3 aromatic rings. The summed E-state index contributed by atoms with van der Waals surface area (Å²) in [6.07, 6.45) is 0.688. The molecule has 0 saturated carbocycles. The number of halogens is 1. The van der Waals surface area contributed by atoms with Crippen LogP contribution >= 0.6 is 11.6 Å². The van der Waals surface area contributed by atoms with E-state index >= 15 is 0 Å². The molecule has 1 N–H and O–H groups in total. The summed E-state index contributed by atoms with van der Waals surface area (Å²) in [6, 6.07) is 20.8. The second-order valence-corrected chi connectivity index (χ2v) is 9.16. The van der Waals surface area contributed by atoms with E-state index in [-0.39, 0.29) is 10.8 Å². The third kappa shape index (κ3) is 4.05. The van der Waals surface area contributed by atoms with Gasteiger partial charge in [-0.15, -0.1) is 0 Å². The van der Waals surface area contributed by atoms with Crippen molar-refractivity contribution in [3.8, 4) is 0 Å². The van der Waals surface area contributed by atoms with E-state index in [1.165, 1.54) is 34.1 Å². The van der Waals surface area contributed by atoms with Crippen LogP contribution in [0.25, 0.3) is 0 Å². The first kappa shape index (κ1) is 19.6. The average Bonchev–Trinajstić information content (AvgIpc) is 2.75. The molecule has 0 aliphatic carbocycles. The average molecular weight is 427 g/mol. The molecule has 0 unspecified atom stereocenters. The van der Waals surface area contributed by atoms with Crippen molar-refractivity contribution >= 4 is 33.2 Å². The quantitative estimate of drug-likeness (QED) is 0.674. The minimum atomic E-state index is -3.63. The van der Waals surface area contributed by atoms with Crippen molar-refractivity contribution in [3.05, 3.63) is 94.5 Å². The monoisotopic (exact) mass is 426 g/mol. The normalized spacial score (nSPS) is 14.2. The van der Waals surface area contributed by atoms with Gasteiger partial charge in [0.2, 0.25) is 10.0 Å². The van der Waals surface area contributed by atoms with Crippen LogP contribution in [0, 0.1) is 0 Å². The third-order valence-electron chi connectivity index (χ3n) is 4.97. The van der Waals surface area contributed by atoms with E-state index in [0.29, 0.717) is 35.8 Å². The van der Waals surface area contributed by atoms with Crippen molar-refractivity contribution in [2.75, 3.05) is 11.9 Å². The molecule has 5 nitrogen and oxygen atoms in total. The predicted octanol–water partition coefficient (Wildman–Crippen LogP) is 4.34. The highest BCUT2D eigenvalue weighted by atomic mass is 35.5. The summed E-state index contributed by atoms with van der Waals surface area (Å²) in [6.45, 7) is 0.793. The second kappa shape index (κ2) is 7.99. The number of benzene rings is 3. The van der Waals surface area contributed by atoms with Crippen LogP contribution in [-0.4, -0.2) is 25.2 Å². The molecule has 29 heavy (non-hydrogen) atoms. The number of rotatable bonds is 4. The lowest BCUT2D eigenvalue weighted by Gasteiger charge is -2.28. The molecule has 0 atom stereocenters. The van der Waals surface area contributed by atoms with Gasteiger partial charge in [-0.1, -0.05) is 48.0 Å². The minimum absolute atomic E-state index is 0.172. The third-order valence-corrected chi connectivity index (χ3v) is 7.16. The van der Waals surface area contributed by atoms with Crippen molar-refractivity contribution in [1.82, 2.24) is 4.31 Å². The Kier molecular flexibility index (Phi) is 5.41. The zero-order valence-electron chi connectivity index (χ0n) is 15.5. The Morgan fingerprint density at radius 2 is 1.55 bits per heavy atom. The number of para-hydroxylation sites is 1. The van der Waals surface area contributed by atoms with E-state index in [9.17, 15) is 13.2 Å². The molecule has 3 aromatic carbocycles. The van der Waals surface area contributed by atoms with Gasteiger partial charge < -0.3 is 5.32 Å². The summed E-state index contributed by atoms with van der Waals surface area (Å²) in [5.74, 6) is -0.353. The van der Waals surface area contributed by atoms with Gasteiger partial charge in [0.1, 0.15) is 0 Å². The number of anilines is 1. The first-order valence-corrected chi connectivity index (χ1v) is 11.0. The topological polar surface area (TPSA) is 66.5 Å². The minimum Gasteiger partial charge on any atom is -0.321 e. The van der Waals surface area contributed by atoms with Gasteiger partial charge in [0.25, 0.3) is 5.91 Å². The van der Waals surface area contributed by atoms with Gasteiger partial charge in [-0.25, -0.2) is 8.42 Å². The van der Waals surface area contributed by atoms with Gasteiger partial charge in [0.15, 0.2) is 0 Å². The standard InChI is InChI=1S/C22H19ClN2O3S/c23-20-7-3-4-8-21(20)24-22(26)17-9-11-19(12-10-17)29(27,28)25-14-13-16-5-1-2-6-18(16)15-25/h1-12H,13-15H2,(H,24,26). The maximum atomic E-state index is 13.0. The van der Waals surface area contributed by atoms with Crippen LogP contribution in [0.15, 0.2) is 77.7 Å². The molecule has 0 radical (unpaired) electrons. The molecule has 0 bridgehead atoms. The van der Waals surface area contributed by atoms with Gasteiger partial charge >= 0.3 is 0 Å². The molecule has 1 aliphatic heterocycles. The predicted molar refractivity (Wildman–Crippen MR) is 114 cm³/mol. The summed E-state index contributed by atoms with van der Waals surface area (Å²) in [7, 11) is -3.63. The SMILES string of the molecule is O=C(Nc1ccccc1Cl)c1ccc(S(=O)(=O)N2CCc3ccccc3C2)cc1. The van der Waals surface area contributed by atoms with Crippen molar-refractivity contribution in [2.45, 2.75) is 17.9 Å². The first-order valence-electron chi connectivity index (χ1n) is 9.18. The van der Waals surface area contributed by atoms with Crippen molar-refractivity contribution < 1.29 is 13.2 Å². The maximum absolute atomic E-state index is 13.0. The smallest absolute Gasteiger partial charge is 0.255 e. The molecule has 1 aliphatic rings. The highest BCUT2D eigenvalue weighted by Crippen LogP contribution is 2.25. The van der Waals surface area contributed by atoms with E-state index in [0.717, 1.165) is 5.56 Å². The van der Waals surface area contributed by atoms with Crippen molar-refractivity contribution in [1.29, 1.82) is 0 Å². The number of nitrogens with zero attached hydrogens (tertiary/aromatic N) is 1. The van der Waals surface area contributed by atoms with Crippen LogP contribution < -0.4 is 5.32 Å². The van der Waals surface area contributed by atoms with Crippen LogP contribution in [0.1, 0.15) is 21.5 Å². The van der Waals surface area contributed by atoms with Gasteiger partial charge in [-0.3, -0.25) is 4.79 Å². The molecule has 7 heteroatoms. The molecule has 1 amide bonds. The van der Waals surface area contributed by atoms with Gasteiger partial charge in [0, 0.05) is 18.7 Å². The number of sulfonamides is 1. The van der Waals surface area contributed by atoms with E-state index < -0.39 is 10.0 Å². The van der Waals surface area contributed by atoms with E-state index in [1.54, 1.807) is 24.3 Å². The lowest BCUT2D eigenvalue weighted by molar-refractivity contribution is 0.102. The summed E-state index contributed by atoms with van der Waals surface area (Å²) in [5.41, 5.74) is 3.07.